The third-order valence-electron chi connectivity index (χ3n) is 5.71. The summed E-state index contributed by atoms with van der Waals surface area (Å²) in [6.07, 6.45) is 4.38. The maximum absolute atomic E-state index is 12.8. The van der Waals surface area contributed by atoms with Crippen molar-refractivity contribution in [1.29, 1.82) is 0 Å². The predicted octanol–water partition coefficient (Wildman–Crippen LogP) is 3.08. The summed E-state index contributed by atoms with van der Waals surface area (Å²) in [5.74, 6) is 0.0872. The summed E-state index contributed by atoms with van der Waals surface area (Å²) >= 11 is 0. The molecule has 1 fully saturated rings. The minimum Gasteiger partial charge on any atom is -0.314 e. The van der Waals surface area contributed by atoms with Gasteiger partial charge in [0.15, 0.2) is 0 Å². The Morgan fingerprint density at radius 3 is 2.55 bits per heavy atom. The predicted molar refractivity (Wildman–Crippen MR) is 115 cm³/mol. The molecule has 0 saturated carbocycles. The molecule has 29 heavy (non-hydrogen) atoms. The summed E-state index contributed by atoms with van der Waals surface area (Å²) < 4.78 is 28.3. The molecule has 6 nitrogen and oxygen atoms in total. The zero-order chi connectivity index (χ0) is 20.4. The van der Waals surface area contributed by atoms with Crippen molar-refractivity contribution in [1.82, 2.24) is 5.32 Å². The molecule has 2 aromatic rings. The number of carbonyl (C=O) groups is 1. The molecule has 7 heteroatoms. The van der Waals surface area contributed by atoms with Gasteiger partial charge in [0.1, 0.15) is 0 Å². The standard InChI is InChI=1S/C22H27N3O3S/c1-2-23-18-7-5-17-15-19(8-6-16(17)14-18)24-29(27,28)21-11-9-20(10-12-21)25-13-3-4-22(25)26/h6,8-12,15,18,23-24H,2-5,7,13-14H2,1H3/t18-/m0/s1. The maximum Gasteiger partial charge on any atom is 0.261 e. The average Bonchev–Trinajstić information content (AvgIpc) is 3.14. The lowest BCUT2D eigenvalue weighted by Gasteiger charge is -2.25. The highest BCUT2D eigenvalue weighted by Gasteiger charge is 2.23. The van der Waals surface area contributed by atoms with E-state index in [1.807, 2.05) is 18.2 Å². The van der Waals surface area contributed by atoms with E-state index in [1.165, 1.54) is 11.1 Å². The van der Waals surface area contributed by atoms with Gasteiger partial charge in [0.05, 0.1) is 4.90 Å². The van der Waals surface area contributed by atoms with Gasteiger partial charge in [-0.25, -0.2) is 8.42 Å². The van der Waals surface area contributed by atoms with E-state index in [0.29, 0.717) is 24.7 Å². The molecule has 0 spiro atoms. The highest BCUT2D eigenvalue weighted by atomic mass is 32.2. The van der Waals surface area contributed by atoms with Crippen LogP contribution in [0.4, 0.5) is 11.4 Å². The minimum absolute atomic E-state index is 0.0872. The Bertz CT molecular complexity index is 1000. The van der Waals surface area contributed by atoms with E-state index >= 15 is 0 Å². The van der Waals surface area contributed by atoms with Gasteiger partial charge in [0.25, 0.3) is 10.0 Å². The first kappa shape index (κ1) is 19.9. The van der Waals surface area contributed by atoms with Gasteiger partial charge in [-0.15, -0.1) is 0 Å². The van der Waals surface area contributed by atoms with Gasteiger partial charge in [0, 0.05) is 30.4 Å². The molecule has 1 aliphatic carbocycles. The van der Waals surface area contributed by atoms with Crippen LogP contribution in [0.25, 0.3) is 0 Å². The number of sulfonamides is 1. The first-order valence-electron chi connectivity index (χ1n) is 10.2. The van der Waals surface area contributed by atoms with Gasteiger partial charge in [-0.3, -0.25) is 9.52 Å². The van der Waals surface area contributed by atoms with Crippen molar-refractivity contribution in [2.45, 2.75) is 50.0 Å². The van der Waals surface area contributed by atoms with E-state index in [9.17, 15) is 13.2 Å². The van der Waals surface area contributed by atoms with Gasteiger partial charge in [-0.1, -0.05) is 13.0 Å². The Hall–Kier alpha value is -2.38. The number of carbonyl (C=O) groups excluding carboxylic acids is 1. The fourth-order valence-corrected chi connectivity index (χ4v) is 5.27. The summed E-state index contributed by atoms with van der Waals surface area (Å²) in [6.45, 7) is 3.76. The average molecular weight is 414 g/mol. The molecule has 2 aromatic carbocycles. The van der Waals surface area contributed by atoms with Crippen LogP contribution in [0.2, 0.25) is 0 Å². The molecule has 0 unspecified atom stereocenters. The topological polar surface area (TPSA) is 78.5 Å². The first-order chi connectivity index (χ1) is 14.0. The Balaban J connectivity index is 1.48. The molecule has 4 rings (SSSR count). The number of hydrogen-bond donors (Lipinski definition) is 2. The second-order valence-corrected chi connectivity index (χ2v) is 9.41. The number of aryl methyl sites for hydroxylation is 1. The number of anilines is 2. The molecular formula is C22H27N3O3S. The summed E-state index contributed by atoms with van der Waals surface area (Å²) in [7, 11) is -3.68. The number of nitrogens with zero attached hydrogens (tertiary/aromatic N) is 1. The molecule has 1 amide bonds. The summed E-state index contributed by atoms with van der Waals surface area (Å²) in [5.41, 5.74) is 3.83. The third-order valence-corrected chi connectivity index (χ3v) is 7.11. The number of amides is 1. The monoisotopic (exact) mass is 413 g/mol. The molecule has 0 bridgehead atoms. The lowest BCUT2D eigenvalue weighted by atomic mass is 9.88. The van der Waals surface area contributed by atoms with E-state index in [1.54, 1.807) is 29.2 Å². The van der Waals surface area contributed by atoms with Gasteiger partial charge < -0.3 is 10.2 Å². The molecule has 1 heterocycles. The van der Waals surface area contributed by atoms with Crippen LogP contribution in [0.5, 0.6) is 0 Å². The lowest BCUT2D eigenvalue weighted by Crippen LogP contribution is -2.34. The number of nitrogens with one attached hydrogen (secondary N) is 2. The van der Waals surface area contributed by atoms with Crippen molar-refractivity contribution in [3.05, 3.63) is 53.6 Å². The van der Waals surface area contributed by atoms with E-state index in [4.69, 9.17) is 0 Å². The summed E-state index contributed by atoms with van der Waals surface area (Å²) in [5, 5.41) is 3.49. The zero-order valence-electron chi connectivity index (χ0n) is 16.6. The van der Waals surface area contributed by atoms with Crippen LogP contribution in [0.3, 0.4) is 0 Å². The zero-order valence-corrected chi connectivity index (χ0v) is 17.5. The fraction of sp³-hybridized carbons (Fsp3) is 0.409. The minimum atomic E-state index is -3.68. The quantitative estimate of drug-likeness (QED) is 0.763. The Kier molecular flexibility index (Phi) is 5.61. The molecule has 2 N–H and O–H groups in total. The van der Waals surface area contributed by atoms with E-state index < -0.39 is 10.0 Å². The van der Waals surface area contributed by atoms with Crippen LogP contribution in [0.1, 0.15) is 37.3 Å². The number of hydrogen-bond acceptors (Lipinski definition) is 4. The summed E-state index contributed by atoms with van der Waals surface area (Å²) in [6, 6.07) is 12.8. The van der Waals surface area contributed by atoms with Crippen molar-refractivity contribution < 1.29 is 13.2 Å². The Morgan fingerprint density at radius 1 is 1.07 bits per heavy atom. The summed E-state index contributed by atoms with van der Waals surface area (Å²) in [4.78, 5) is 13.8. The number of fused-ring (bicyclic) bond motifs is 1. The normalized spacial score (nSPS) is 19.3. The number of likely N-dealkylation sites (N-methyl/N-ethyl adjacent to an activating group) is 1. The highest BCUT2D eigenvalue weighted by Crippen LogP contribution is 2.27. The Morgan fingerprint density at radius 2 is 1.86 bits per heavy atom. The third kappa shape index (κ3) is 4.31. The van der Waals surface area contributed by atoms with Crippen LogP contribution in [-0.4, -0.2) is 33.5 Å². The second kappa shape index (κ2) is 8.16. The van der Waals surface area contributed by atoms with Gasteiger partial charge in [-0.2, -0.15) is 0 Å². The molecule has 0 radical (unpaired) electrons. The molecule has 2 aliphatic rings. The van der Waals surface area contributed by atoms with Gasteiger partial charge in [-0.05, 0) is 79.8 Å². The molecular weight excluding hydrogens is 386 g/mol. The number of rotatable bonds is 6. The van der Waals surface area contributed by atoms with Gasteiger partial charge in [0.2, 0.25) is 5.91 Å². The van der Waals surface area contributed by atoms with Crippen molar-refractivity contribution in [2.24, 2.45) is 0 Å². The van der Waals surface area contributed by atoms with Crippen LogP contribution in [0, 0.1) is 0 Å². The first-order valence-corrected chi connectivity index (χ1v) is 11.7. The maximum atomic E-state index is 12.8. The van der Waals surface area contributed by atoms with Crippen molar-refractivity contribution in [2.75, 3.05) is 22.7 Å². The van der Waals surface area contributed by atoms with E-state index in [-0.39, 0.29) is 10.8 Å². The van der Waals surface area contributed by atoms with Gasteiger partial charge >= 0.3 is 0 Å². The van der Waals surface area contributed by atoms with E-state index in [0.717, 1.165) is 37.9 Å². The van der Waals surface area contributed by atoms with Crippen LogP contribution < -0.4 is 14.9 Å². The Labute approximate surface area is 172 Å². The number of benzene rings is 2. The SMILES string of the molecule is CCN[C@H]1CCc2cc(NS(=O)(=O)c3ccc(N4CCCC4=O)cc3)ccc2C1. The molecule has 154 valence electrons. The lowest BCUT2D eigenvalue weighted by molar-refractivity contribution is -0.117. The second-order valence-electron chi connectivity index (χ2n) is 7.73. The fourth-order valence-electron chi connectivity index (χ4n) is 4.22. The van der Waals surface area contributed by atoms with Crippen molar-refractivity contribution in [3.8, 4) is 0 Å². The van der Waals surface area contributed by atoms with Crippen molar-refractivity contribution in [3.63, 3.8) is 0 Å². The molecule has 1 atom stereocenters. The molecule has 1 aliphatic heterocycles. The van der Waals surface area contributed by atoms with Crippen LogP contribution in [0.15, 0.2) is 47.4 Å². The van der Waals surface area contributed by atoms with Crippen LogP contribution >= 0.6 is 0 Å². The van der Waals surface area contributed by atoms with Crippen LogP contribution in [-0.2, 0) is 27.7 Å². The molecule has 0 aromatic heterocycles. The van der Waals surface area contributed by atoms with E-state index in [2.05, 4.69) is 17.0 Å². The smallest absolute Gasteiger partial charge is 0.261 e. The molecule has 1 saturated heterocycles. The largest absolute Gasteiger partial charge is 0.314 e. The highest BCUT2D eigenvalue weighted by molar-refractivity contribution is 7.92. The van der Waals surface area contributed by atoms with Crippen molar-refractivity contribution >= 4 is 27.3 Å².